The maximum absolute atomic E-state index is 13.3. The zero-order valence-corrected chi connectivity index (χ0v) is 12.7. The molecule has 104 valence electrons. The van der Waals surface area contributed by atoms with Gasteiger partial charge in [-0.3, -0.25) is 0 Å². The fourth-order valence-electron chi connectivity index (χ4n) is 2.37. The van der Waals surface area contributed by atoms with E-state index in [1.807, 2.05) is 6.07 Å². The second kappa shape index (κ2) is 5.35. The number of ether oxygens (including phenoxy) is 1. The first-order valence-electron chi connectivity index (χ1n) is 6.13. The van der Waals surface area contributed by atoms with Gasteiger partial charge in [0.15, 0.2) is 0 Å². The lowest BCUT2D eigenvalue weighted by Crippen LogP contribution is -2.19. The van der Waals surface area contributed by atoms with Gasteiger partial charge in [0.2, 0.25) is 0 Å². The highest BCUT2D eigenvalue weighted by Gasteiger charge is 2.29. The van der Waals surface area contributed by atoms with Crippen LogP contribution in [0.15, 0.2) is 40.9 Å². The molecule has 0 aliphatic carbocycles. The molecule has 1 N–H and O–H groups in total. The number of rotatable bonds is 1. The van der Waals surface area contributed by atoms with Gasteiger partial charge in [0.1, 0.15) is 17.7 Å². The predicted octanol–water partition coefficient (Wildman–Crippen LogP) is 4.80. The van der Waals surface area contributed by atoms with Crippen molar-refractivity contribution in [1.29, 1.82) is 0 Å². The molecule has 0 bridgehead atoms. The van der Waals surface area contributed by atoms with Gasteiger partial charge in [0.25, 0.3) is 0 Å². The summed E-state index contributed by atoms with van der Waals surface area (Å²) in [5.74, 6) is -0.0117. The minimum atomic E-state index is -0.685. The zero-order chi connectivity index (χ0) is 14.3. The van der Waals surface area contributed by atoms with E-state index in [0.717, 1.165) is 10.0 Å². The van der Waals surface area contributed by atoms with E-state index in [0.29, 0.717) is 22.8 Å². The fraction of sp³-hybridized carbons (Fsp3) is 0.200. The smallest absolute Gasteiger partial charge is 0.128 e. The molecular weight excluding hydrogens is 347 g/mol. The molecule has 0 aromatic heterocycles. The summed E-state index contributed by atoms with van der Waals surface area (Å²) in [4.78, 5) is 0. The van der Waals surface area contributed by atoms with E-state index in [1.165, 1.54) is 12.1 Å². The molecule has 0 spiro atoms. The van der Waals surface area contributed by atoms with Crippen LogP contribution in [-0.2, 0) is 0 Å². The highest BCUT2D eigenvalue weighted by Crippen LogP contribution is 2.43. The van der Waals surface area contributed by atoms with Crippen LogP contribution in [0.1, 0.15) is 29.8 Å². The van der Waals surface area contributed by atoms with E-state index in [4.69, 9.17) is 16.3 Å². The van der Waals surface area contributed by atoms with Gasteiger partial charge in [-0.2, -0.15) is 0 Å². The SMILES string of the molecule is O[C@@H]1CC(c2cc(Cl)ccc2Br)Oc2cc(F)ccc21. The number of fused-ring (bicyclic) bond motifs is 1. The first-order valence-corrected chi connectivity index (χ1v) is 7.31. The topological polar surface area (TPSA) is 29.5 Å². The first kappa shape index (κ1) is 13.9. The van der Waals surface area contributed by atoms with Crippen LogP contribution in [-0.4, -0.2) is 5.11 Å². The third kappa shape index (κ3) is 2.55. The second-order valence-corrected chi connectivity index (χ2v) is 6.00. The van der Waals surface area contributed by atoms with E-state index < -0.39 is 6.10 Å². The summed E-state index contributed by atoms with van der Waals surface area (Å²) in [6, 6.07) is 9.55. The molecule has 2 atom stereocenters. The number of halogens is 3. The van der Waals surface area contributed by atoms with Gasteiger partial charge in [0, 0.05) is 33.1 Å². The molecule has 0 saturated heterocycles. The van der Waals surface area contributed by atoms with Gasteiger partial charge in [-0.1, -0.05) is 27.5 Å². The molecule has 1 aliphatic heterocycles. The van der Waals surface area contributed by atoms with Crippen LogP contribution in [0.25, 0.3) is 0 Å². The quantitative estimate of drug-likeness (QED) is 0.794. The fourth-order valence-corrected chi connectivity index (χ4v) is 3.05. The lowest BCUT2D eigenvalue weighted by molar-refractivity contribution is 0.0650. The van der Waals surface area contributed by atoms with Crippen molar-refractivity contribution in [3.05, 3.63) is 62.8 Å². The average molecular weight is 358 g/mol. The Morgan fingerprint density at radius 2 is 2.00 bits per heavy atom. The zero-order valence-electron chi connectivity index (χ0n) is 10.3. The summed E-state index contributed by atoms with van der Waals surface area (Å²) in [7, 11) is 0. The lowest BCUT2D eigenvalue weighted by atomic mass is 9.95. The normalized spacial score (nSPS) is 21.2. The molecule has 2 aromatic carbocycles. The highest BCUT2D eigenvalue weighted by molar-refractivity contribution is 9.10. The minimum Gasteiger partial charge on any atom is -0.485 e. The molecule has 1 aliphatic rings. The largest absolute Gasteiger partial charge is 0.485 e. The summed E-state index contributed by atoms with van der Waals surface area (Å²) >= 11 is 9.44. The van der Waals surface area contributed by atoms with Gasteiger partial charge < -0.3 is 9.84 Å². The van der Waals surface area contributed by atoms with Crippen LogP contribution in [0.5, 0.6) is 5.75 Å². The van der Waals surface area contributed by atoms with Crippen LogP contribution in [0.2, 0.25) is 5.02 Å². The van der Waals surface area contributed by atoms with Crippen molar-refractivity contribution in [3.8, 4) is 5.75 Å². The number of aliphatic hydroxyl groups is 1. The molecule has 2 aromatic rings. The Kier molecular flexibility index (Phi) is 3.71. The molecule has 0 fully saturated rings. The van der Waals surface area contributed by atoms with Crippen LogP contribution >= 0.6 is 27.5 Å². The van der Waals surface area contributed by atoms with Gasteiger partial charge in [-0.05, 0) is 30.3 Å². The van der Waals surface area contributed by atoms with E-state index in [1.54, 1.807) is 18.2 Å². The van der Waals surface area contributed by atoms with E-state index in [9.17, 15) is 9.50 Å². The maximum Gasteiger partial charge on any atom is 0.128 e. The summed E-state index contributed by atoms with van der Waals surface area (Å²) in [5.41, 5.74) is 1.45. The first-order chi connectivity index (χ1) is 9.54. The van der Waals surface area contributed by atoms with Crippen molar-refractivity contribution in [2.24, 2.45) is 0 Å². The number of aliphatic hydroxyl groups excluding tert-OH is 1. The van der Waals surface area contributed by atoms with Gasteiger partial charge in [-0.15, -0.1) is 0 Å². The molecule has 3 rings (SSSR count). The van der Waals surface area contributed by atoms with E-state index in [-0.39, 0.29) is 11.9 Å². The molecule has 0 saturated carbocycles. The second-order valence-electron chi connectivity index (χ2n) is 4.71. The molecule has 0 amide bonds. The van der Waals surface area contributed by atoms with Crippen molar-refractivity contribution in [3.63, 3.8) is 0 Å². The van der Waals surface area contributed by atoms with Crippen molar-refractivity contribution < 1.29 is 14.2 Å². The number of benzene rings is 2. The van der Waals surface area contributed by atoms with Crippen molar-refractivity contribution >= 4 is 27.5 Å². The minimum absolute atomic E-state index is 0.368. The molecule has 20 heavy (non-hydrogen) atoms. The van der Waals surface area contributed by atoms with E-state index in [2.05, 4.69) is 15.9 Å². The summed E-state index contributed by atoms with van der Waals surface area (Å²) in [6.07, 6.45) is -0.653. The monoisotopic (exact) mass is 356 g/mol. The third-order valence-corrected chi connectivity index (χ3v) is 4.30. The average Bonchev–Trinajstić information content (AvgIpc) is 2.41. The Labute approximate surface area is 129 Å². The van der Waals surface area contributed by atoms with Crippen LogP contribution in [0.4, 0.5) is 4.39 Å². The highest BCUT2D eigenvalue weighted by atomic mass is 79.9. The Morgan fingerprint density at radius 1 is 1.20 bits per heavy atom. The van der Waals surface area contributed by atoms with E-state index >= 15 is 0 Å². The predicted molar refractivity (Wildman–Crippen MR) is 78.5 cm³/mol. The van der Waals surface area contributed by atoms with Crippen molar-refractivity contribution in [2.45, 2.75) is 18.6 Å². The summed E-state index contributed by atoms with van der Waals surface area (Å²) in [6.45, 7) is 0. The Bertz CT molecular complexity index is 662. The van der Waals surface area contributed by atoms with Crippen LogP contribution < -0.4 is 4.74 Å². The molecule has 0 radical (unpaired) electrons. The molecule has 1 heterocycles. The molecule has 2 nitrogen and oxygen atoms in total. The Hall–Kier alpha value is -1.10. The Morgan fingerprint density at radius 3 is 2.80 bits per heavy atom. The van der Waals surface area contributed by atoms with Gasteiger partial charge >= 0.3 is 0 Å². The van der Waals surface area contributed by atoms with Gasteiger partial charge in [-0.25, -0.2) is 4.39 Å². The maximum atomic E-state index is 13.3. The third-order valence-electron chi connectivity index (χ3n) is 3.35. The van der Waals surface area contributed by atoms with Crippen molar-refractivity contribution in [1.82, 2.24) is 0 Å². The molecule has 5 heteroatoms. The standard InChI is InChI=1S/C15H11BrClFO2/c16-12-4-1-8(17)5-11(12)15-7-13(19)10-3-2-9(18)6-14(10)20-15/h1-6,13,15,19H,7H2/t13-,15?/m1/s1. The van der Waals surface area contributed by atoms with Gasteiger partial charge in [0.05, 0.1) is 6.10 Å². The van der Waals surface area contributed by atoms with Crippen molar-refractivity contribution in [2.75, 3.05) is 0 Å². The summed E-state index contributed by atoms with van der Waals surface area (Å²) in [5, 5.41) is 10.8. The number of hydrogen-bond donors (Lipinski definition) is 1. The lowest BCUT2D eigenvalue weighted by Gasteiger charge is -2.30. The summed E-state index contributed by atoms with van der Waals surface area (Å²) < 4.78 is 20.0. The number of hydrogen-bond acceptors (Lipinski definition) is 2. The molecule has 1 unspecified atom stereocenters. The Balaban J connectivity index is 2.00. The van der Waals surface area contributed by atoms with Crippen LogP contribution in [0, 0.1) is 5.82 Å². The molecular formula is C15H11BrClFO2. The van der Waals surface area contributed by atoms with Crippen LogP contribution in [0.3, 0.4) is 0 Å².